The SMILES string of the molecule is CC(C)CC(N)c1nc2cc(Cl)ccc2n1C1CC1. The first kappa shape index (κ1) is 12.9. The highest BCUT2D eigenvalue weighted by atomic mass is 35.5. The molecule has 19 heavy (non-hydrogen) atoms. The summed E-state index contributed by atoms with van der Waals surface area (Å²) >= 11 is 6.06. The van der Waals surface area contributed by atoms with Crippen molar-refractivity contribution in [3.63, 3.8) is 0 Å². The lowest BCUT2D eigenvalue weighted by atomic mass is 10.0. The van der Waals surface area contributed by atoms with E-state index in [-0.39, 0.29) is 6.04 Å². The molecule has 1 aromatic carbocycles. The van der Waals surface area contributed by atoms with E-state index >= 15 is 0 Å². The average Bonchev–Trinajstić information content (AvgIpc) is 3.09. The fourth-order valence-corrected chi connectivity index (χ4v) is 2.85. The van der Waals surface area contributed by atoms with Gasteiger partial charge in [0.2, 0.25) is 0 Å². The van der Waals surface area contributed by atoms with Gasteiger partial charge in [-0.25, -0.2) is 4.98 Å². The van der Waals surface area contributed by atoms with E-state index < -0.39 is 0 Å². The van der Waals surface area contributed by atoms with Crippen molar-refractivity contribution < 1.29 is 0 Å². The first-order chi connectivity index (χ1) is 9.06. The Hall–Kier alpha value is -1.06. The summed E-state index contributed by atoms with van der Waals surface area (Å²) in [4.78, 5) is 4.74. The van der Waals surface area contributed by atoms with Crippen LogP contribution < -0.4 is 5.73 Å². The second kappa shape index (κ2) is 4.80. The van der Waals surface area contributed by atoms with Crippen molar-refractivity contribution in [3.8, 4) is 0 Å². The maximum absolute atomic E-state index is 6.35. The Morgan fingerprint density at radius 1 is 1.42 bits per heavy atom. The smallest absolute Gasteiger partial charge is 0.127 e. The molecule has 0 amide bonds. The monoisotopic (exact) mass is 277 g/mol. The van der Waals surface area contributed by atoms with Gasteiger partial charge in [0.05, 0.1) is 17.1 Å². The lowest BCUT2D eigenvalue weighted by Gasteiger charge is -2.16. The van der Waals surface area contributed by atoms with Gasteiger partial charge in [0.1, 0.15) is 5.82 Å². The second-order valence-corrected chi connectivity index (χ2v) is 6.38. The number of halogens is 1. The zero-order valence-corrected chi connectivity index (χ0v) is 12.2. The summed E-state index contributed by atoms with van der Waals surface area (Å²) in [6.07, 6.45) is 3.43. The highest BCUT2D eigenvalue weighted by Crippen LogP contribution is 2.40. The maximum atomic E-state index is 6.35. The number of nitrogens with zero attached hydrogens (tertiary/aromatic N) is 2. The summed E-state index contributed by atoms with van der Waals surface area (Å²) in [5.41, 5.74) is 8.48. The van der Waals surface area contributed by atoms with Gasteiger partial charge in [-0.2, -0.15) is 0 Å². The zero-order chi connectivity index (χ0) is 13.6. The molecule has 0 spiro atoms. The van der Waals surface area contributed by atoms with Crippen LogP contribution in [0.15, 0.2) is 18.2 Å². The van der Waals surface area contributed by atoms with Crippen LogP contribution >= 0.6 is 11.6 Å². The van der Waals surface area contributed by atoms with Crippen molar-refractivity contribution in [2.75, 3.05) is 0 Å². The summed E-state index contributed by atoms with van der Waals surface area (Å²) in [6.45, 7) is 4.39. The molecule has 0 saturated heterocycles. The molecule has 1 unspecified atom stereocenters. The summed E-state index contributed by atoms with van der Waals surface area (Å²) in [6, 6.07) is 6.52. The van der Waals surface area contributed by atoms with E-state index in [1.165, 1.54) is 18.4 Å². The van der Waals surface area contributed by atoms with Crippen molar-refractivity contribution in [2.45, 2.75) is 45.2 Å². The lowest BCUT2D eigenvalue weighted by Crippen LogP contribution is -2.18. The highest BCUT2D eigenvalue weighted by Gasteiger charge is 2.30. The summed E-state index contributed by atoms with van der Waals surface area (Å²) in [7, 11) is 0. The van der Waals surface area contributed by atoms with Gasteiger partial charge in [0.15, 0.2) is 0 Å². The Kier molecular flexibility index (Phi) is 3.27. The molecular formula is C15H20ClN3. The first-order valence-corrected chi connectivity index (χ1v) is 7.37. The Balaban J connectivity index is 2.09. The molecule has 1 atom stereocenters. The fraction of sp³-hybridized carbons (Fsp3) is 0.533. The van der Waals surface area contributed by atoms with Crippen LogP contribution in [0.3, 0.4) is 0 Å². The van der Waals surface area contributed by atoms with Crippen LogP contribution in [0.4, 0.5) is 0 Å². The van der Waals surface area contributed by atoms with Gasteiger partial charge >= 0.3 is 0 Å². The van der Waals surface area contributed by atoms with Crippen LogP contribution in [0, 0.1) is 5.92 Å². The first-order valence-electron chi connectivity index (χ1n) is 6.99. The van der Waals surface area contributed by atoms with E-state index in [4.69, 9.17) is 22.3 Å². The van der Waals surface area contributed by atoms with Gasteiger partial charge < -0.3 is 10.3 Å². The van der Waals surface area contributed by atoms with Crippen LogP contribution in [0.5, 0.6) is 0 Å². The topological polar surface area (TPSA) is 43.8 Å². The van der Waals surface area contributed by atoms with Gasteiger partial charge in [-0.3, -0.25) is 0 Å². The molecule has 0 radical (unpaired) electrons. The van der Waals surface area contributed by atoms with Gasteiger partial charge in [0, 0.05) is 11.1 Å². The predicted molar refractivity (Wildman–Crippen MR) is 79.4 cm³/mol. The minimum Gasteiger partial charge on any atom is -0.324 e. The van der Waals surface area contributed by atoms with Crippen LogP contribution in [-0.2, 0) is 0 Å². The summed E-state index contributed by atoms with van der Waals surface area (Å²) in [5.74, 6) is 1.60. The van der Waals surface area contributed by atoms with E-state index in [1.54, 1.807) is 0 Å². The molecule has 0 bridgehead atoms. The minimum absolute atomic E-state index is 0.00627. The molecule has 2 N–H and O–H groups in total. The third-order valence-electron chi connectivity index (χ3n) is 3.65. The van der Waals surface area contributed by atoms with Gasteiger partial charge in [-0.15, -0.1) is 0 Å². The van der Waals surface area contributed by atoms with Gasteiger partial charge in [-0.1, -0.05) is 25.4 Å². The van der Waals surface area contributed by atoms with Crippen molar-refractivity contribution in [1.82, 2.24) is 9.55 Å². The Morgan fingerprint density at radius 2 is 2.16 bits per heavy atom. The average molecular weight is 278 g/mol. The van der Waals surface area contributed by atoms with Crippen molar-refractivity contribution in [3.05, 3.63) is 29.0 Å². The molecular weight excluding hydrogens is 258 g/mol. The predicted octanol–water partition coefficient (Wildman–Crippen LogP) is 4.07. The molecule has 3 nitrogen and oxygen atoms in total. The number of rotatable bonds is 4. The van der Waals surface area contributed by atoms with Crippen LogP contribution in [0.2, 0.25) is 5.02 Å². The second-order valence-electron chi connectivity index (χ2n) is 5.94. The number of aromatic nitrogens is 2. The van der Waals surface area contributed by atoms with Crippen molar-refractivity contribution in [2.24, 2.45) is 11.7 Å². The van der Waals surface area contributed by atoms with E-state index in [0.717, 1.165) is 22.8 Å². The summed E-state index contributed by atoms with van der Waals surface area (Å²) in [5, 5.41) is 0.733. The number of fused-ring (bicyclic) bond motifs is 1. The number of hydrogen-bond donors (Lipinski definition) is 1. The zero-order valence-electron chi connectivity index (χ0n) is 11.4. The molecule has 1 aliphatic carbocycles. The molecule has 1 aliphatic rings. The van der Waals surface area contributed by atoms with E-state index in [1.807, 2.05) is 12.1 Å². The Labute approximate surface area is 118 Å². The van der Waals surface area contributed by atoms with E-state index in [9.17, 15) is 0 Å². The standard InChI is InChI=1S/C15H20ClN3/c1-9(2)7-12(17)15-18-13-8-10(16)3-6-14(13)19(15)11-4-5-11/h3,6,8-9,11-12H,4-5,7,17H2,1-2H3. The Morgan fingerprint density at radius 3 is 2.79 bits per heavy atom. The largest absolute Gasteiger partial charge is 0.324 e. The molecule has 1 heterocycles. The number of hydrogen-bond acceptors (Lipinski definition) is 2. The molecule has 4 heteroatoms. The van der Waals surface area contributed by atoms with Crippen molar-refractivity contribution in [1.29, 1.82) is 0 Å². The molecule has 2 aromatic rings. The normalized spacial score (nSPS) is 17.3. The van der Waals surface area contributed by atoms with Gasteiger partial charge in [0.25, 0.3) is 0 Å². The minimum atomic E-state index is 0.00627. The van der Waals surface area contributed by atoms with Crippen molar-refractivity contribution >= 4 is 22.6 Å². The molecule has 3 rings (SSSR count). The van der Waals surface area contributed by atoms with E-state index in [0.29, 0.717) is 12.0 Å². The van der Waals surface area contributed by atoms with E-state index in [2.05, 4.69) is 24.5 Å². The third-order valence-corrected chi connectivity index (χ3v) is 3.88. The molecule has 0 aliphatic heterocycles. The highest BCUT2D eigenvalue weighted by molar-refractivity contribution is 6.31. The summed E-state index contributed by atoms with van der Waals surface area (Å²) < 4.78 is 2.33. The lowest BCUT2D eigenvalue weighted by molar-refractivity contribution is 0.477. The van der Waals surface area contributed by atoms with Crippen LogP contribution in [0.25, 0.3) is 11.0 Å². The number of benzene rings is 1. The number of nitrogens with two attached hydrogens (primary N) is 1. The maximum Gasteiger partial charge on any atom is 0.127 e. The molecule has 102 valence electrons. The molecule has 1 fully saturated rings. The Bertz CT molecular complexity index is 599. The molecule has 1 aromatic heterocycles. The van der Waals surface area contributed by atoms with Gasteiger partial charge in [-0.05, 0) is 43.4 Å². The quantitative estimate of drug-likeness (QED) is 0.915. The third kappa shape index (κ3) is 2.49. The van der Waals surface area contributed by atoms with Crippen LogP contribution in [0.1, 0.15) is 51.0 Å². The number of imidazole rings is 1. The van der Waals surface area contributed by atoms with Crippen LogP contribution in [-0.4, -0.2) is 9.55 Å². The fourth-order valence-electron chi connectivity index (χ4n) is 2.68. The molecule has 1 saturated carbocycles.